The van der Waals surface area contributed by atoms with E-state index < -0.39 is 15.4 Å². The lowest BCUT2D eigenvalue weighted by molar-refractivity contribution is -0.121. The lowest BCUT2D eigenvalue weighted by atomic mass is 9.70. The molecule has 1 fully saturated rings. The van der Waals surface area contributed by atoms with Crippen molar-refractivity contribution in [1.29, 1.82) is 0 Å². The highest BCUT2D eigenvalue weighted by Crippen LogP contribution is 2.48. The number of hydrogen-bond donors (Lipinski definition) is 2. The Morgan fingerprint density at radius 2 is 1.81 bits per heavy atom. The van der Waals surface area contributed by atoms with Gasteiger partial charge in [0, 0.05) is 16.4 Å². The molecular formula is C19H19ClN2O3S. The van der Waals surface area contributed by atoms with Crippen LogP contribution in [0.15, 0.2) is 47.4 Å². The van der Waals surface area contributed by atoms with Gasteiger partial charge in [0.1, 0.15) is 0 Å². The Kier molecular flexibility index (Phi) is 4.20. The second-order valence-electron chi connectivity index (χ2n) is 6.92. The van der Waals surface area contributed by atoms with Crippen molar-refractivity contribution in [2.45, 2.75) is 42.4 Å². The van der Waals surface area contributed by atoms with Crippen molar-refractivity contribution in [3.8, 4) is 0 Å². The first-order valence-electron chi connectivity index (χ1n) is 8.65. The van der Waals surface area contributed by atoms with Crippen LogP contribution < -0.4 is 10.0 Å². The minimum Gasteiger partial charge on any atom is -0.325 e. The molecule has 0 bridgehead atoms. The summed E-state index contributed by atoms with van der Waals surface area (Å²) in [6.45, 7) is 0. The number of rotatable bonds is 3. The molecule has 26 heavy (non-hydrogen) atoms. The number of benzene rings is 2. The second-order valence-corrected chi connectivity index (χ2v) is 9.04. The molecule has 0 atom stereocenters. The third kappa shape index (κ3) is 2.87. The molecule has 0 aromatic heterocycles. The Hall–Kier alpha value is -2.05. The number of halogens is 1. The summed E-state index contributed by atoms with van der Waals surface area (Å²) < 4.78 is 27.9. The van der Waals surface area contributed by atoms with Crippen molar-refractivity contribution in [2.24, 2.45) is 0 Å². The monoisotopic (exact) mass is 390 g/mol. The summed E-state index contributed by atoms with van der Waals surface area (Å²) >= 11 is 5.91. The fraction of sp³-hybridized carbons (Fsp3) is 0.316. The predicted octanol–water partition coefficient (Wildman–Crippen LogP) is 4.29. The number of hydrogen-bond acceptors (Lipinski definition) is 3. The van der Waals surface area contributed by atoms with E-state index in [2.05, 4.69) is 10.0 Å². The highest BCUT2D eigenvalue weighted by molar-refractivity contribution is 7.92. The van der Waals surface area contributed by atoms with Crippen LogP contribution in [0.25, 0.3) is 0 Å². The number of nitrogens with one attached hydrogen (secondary N) is 2. The van der Waals surface area contributed by atoms with Crippen LogP contribution in [-0.4, -0.2) is 14.3 Å². The van der Waals surface area contributed by atoms with E-state index in [1.54, 1.807) is 30.3 Å². The van der Waals surface area contributed by atoms with Crippen molar-refractivity contribution in [1.82, 2.24) is 0 Å². The number of carbonyl (C=O) groups excluding carboxylic acids is 1. The van der Waals surface area contributed by atoms with Gasteiger partial charge in [0.05, 0.1) is 10.3 Å². The average Bonchev–Trinajstić information content (AvgIpc) is 2.87. The summed E-state index contributed by atoms with van der Waals surface area (Å²) in [6, 6.07) is 11.4. The summed E-state index contributed by atoms with van der Waals surface area (Å²) in [5.74, 6) is 0.0297. The molecular weight excluding hydrogens is 372 g/mol. The molecule has 7 heteroatoms. The summed E-state index contributed by atoms with van der Waals surface area (Å²) in [5, 5.41) is 3.31. The molecule has 0 unspecified atom stereocenters. The van der Waals surface area contributed by atoms with Gasteiger partial charge in [-0.05, 0) is 54.8 Å². The zero-order valence-corrected chi connectivity index (χ0v) is 15.7. The van der Waals surface area contributed by atoms with Crippen LogP contribution in [0, 0.1) is 0 Å². The number of carbonyl (C=O) groups is 1. The fourth-order valence-corrected chi connectivity index (χ4v) is 5.33. The van der Waals surface area contributed by atoms with Gasteiger partial charge in [-0.2, -0.15) is 0 Å². The number of fused-ring (bicyclic) bond motifs is 2. The Morgan fingerprint density at radius 3 is 2.54 bits per heavy atom. The highest BCUT2D eigenvalue weighted by Gasteiger charge is 2.47. The molecule has 4 rings (SSSR count). The van der Waals surface area contributed by atoms with Crippen LogP contribution in [0.4, 0.5) is 11.4 Å². The number of amides is 1. The zero-order chi connectivity index (χ0) is 18.4. The Labute approximate surface area is 157 Å². The van der Waals surface area contributed by atoms with Crippen LogP contribution in [0.1, 0.15) is 37.7 Å². The zero-order valence-electron chi connectivity index (χ0n) is 14.1. The van der Waals surface area contributed by atoms with Crippen LogP contribution in [-0.2, 0) is 20.2 Å². The largest absolute Gasteiger partial charge is 0.325 e. The van der Waals surface area contributed by atoms with Gasteiger partial charge >= 0.3 is 0 Å². The van der Waals surface area contributed by atoms with Gasteiger partial charge in [-0.3, -0.25) is 9.52 Å². The lowest BCUT2D eigenvalue weighted by Crippen LogP contribution is -2.36. The van der Waals surface area contributed by atoms with Crippen molar-refractivity contribution in [2.75, 3.05) is 10.0 Å². The van der Waals surface area contributed by atoms with E-state index in [4.69, 9.17) is 11.6 Å². The molecule has 1 saturated carbocycles. The molecule has 0 radical (unpaired) electrons. The topological polar surface area (TPSA) is 75.3 Å². The van der Waals surface area contributed by atoms with Crippen molar-refractivity contribution >= 4 is 38.9 Å². The Morgan fingerprint density at radius 1 is 1.04 bits per heavy atom. The molecule has 1 amide bonds. The van der Waals surface area contributed by atoms with E-state index in [-0.39, 0.29) is 10.8 Å². The molecule has 5 nitrogen and oxygen atoms in total. The van der Waals surface area contributed by atoms with Crippen LogP contribution >= 0.6 is 11.6 Å². The standard InChI is InChI=1S/C19H19ClN2O3S/c20-13-5-4-6-15(11-13)26(24,25)22-14-7-8-17-16(12-14)19(18(23)21-17)9-2-1-3-10-19/h4-8,11-12,22H,1-3,9-10H2,(H,21,23). The van der Waals surface area contributed by atoms with Crippen molar-refractivity contribution < 1.29 is 13.2 Å². The van der Waals surface area contributed by atoms with Crippen LogP contribution in [0.3, 0.4) is 0 Å². The SMILES string of the molecule is O=C1Nc2ccc(NS(=O)(=O)c3cccc(Cl)c3)cc2C12CCCCC2. The number of sulfonamides is 1. The van der Waals surface area contributed by atoms with E-state index in [1.165, 1.54) is 12.1 Å². The molecule has 2 aliphatic rings. The minimum atomic E-state index is -3.75. The molecule has 2 N–H and O–H groups in total. The third-order valence-electron chi connectivity index (χ3n) is 5.28. The maximum atomic E-state index is 12.6. The predicted molar refractivity (Wildman–Crippen MR) is 102 cm³/mol. The van der Waals surface area contributed by atoms with Gasteiger partial charge in [0.2, 0.25) is 5.91 Å². The molecule has 0 saturated heterocycles. The second kappa shape index (κ2) is 6.28. The minimum absolute atomic E-state index is 0.0297. The van der Waals surface area contributed by atoms with Gasteiger partial charge in [-0.1, -0.05) is 36.9 Å². The maximum Gasteiger partial charge on any atom is 0.261 e. The summed E-state index contributed by atoms with van der Waals surface area (Å²) in [5.41, 5.74) is 1.60. The third-order valence-corrected chi connectivity index (χ3v) is 6.90. The highest BCUT2D eigenvalue weighted by atomic mass is 35.5. The van der Waals surface area contributed by atoms with Gasteiger partial charge in [-0.15, -0.1) is 0 Å². The van der Waals surface area contributed by atoms with E-state index in [9.17, 15) is 13.2 Å². The quantitative estimate of drug-likeness (QED) is 0.820. The first-order valence-corrected chi connectivity index (χ1v) is 10.5. The Bertz CT molecular complexity index is 982. The summed E-state index contributed by atoms with van der Waals surface area (Å²) in [4.78, 5) is 12.7. The molecule has 2 aromatic rings. The van der Waals surface area contributed by atoms with Gasteiger partial charge in [0.25, 0.3) is 10.0 Å². The smallest absolute Gasteiger partial charge is 0.261 e. The molecule has 2 aromatic carbocycles. The van der Waals surface area contributed by atoms with E-state index >= 15 is 0 Å². The Balaban J connectivity index is 1.69. The molecule has 1 spiro atoms. The van der Waals surface area contributed by atoms with Crippen molar-refractivity contribution in [3.63, 3.8) is 0 Å². The first kappa shape index (κ1) is 17.4. The van der Waals surface area contributed by atoms with Gasteiger partial charge in [0.15, 0.2) is 0 Å². The van der Waals surface area contributed by atoms with Gasteiger partial charge < -0.3 is 5.32 Å². The lowest BCUT2D eigenvalue weighted by Gasteiger charge is -2.31. The summed E-state index contributed by atoms with van der Waals surface area (Å²) in [6.07, 6.45) is 4.74. The molecule has 1 aliphatic carbocycles. The molecule has 1 heterocycles. The van der Waals surface area contributed by atoms with E-state index in [0.29, 0.717) is 10.7 Å². The van der Waals surface area contributed by atoms with Crippen molar-refractivity contribution in [3.05, 3.63) is 53.1 Å². The average molecular weight is 391 g/mol. The van der Waals surface area contributed by atoms with Crippen LogP contribution in [0.2, 0.25) is 5.02 Å². The first-order chi connectivity index (χ1) is 12.4. The van der Waals surface area contributed by atoms with Gasteiger partial charge in [-0.25, -0.2) is 8.42 Å². The van der Waals surface area contributed by atoms with E-state index in [0.717, 1.165) is 43.4 Å². The molecule has 136 valence electrons. The normalized spacial score (nSPS) is 18.4. The molecule has 1 aliphatic heterocycles. The van der Waals surface area contributed by atoms with Crippen LogP contribution in [0.5, 0.6) is 0 Å². The number of anilines is 2. The van der Waals surface area contributed by atoms with E-state index in [1.807, 2.05) is 0 Å². The summed E-state index contributed by atoms with van der Waals surface area (Å²) in [7, 11) is -3.75. The fourth-order valence-electron chi connectivity index (χ4n) is 3.98. The maximum absolute atomic E-state index is 12.6.